The van der Waals surface area contributed by atoms with Crippen molar-refractivity contribution in [2.75, 3.05) is 50.7 Å². The number of carbonyl (C=O) groups excluding carboxylic acids is 2. The molecule has 0 atom stereocenters. The summed E-state index contributed by atoms with van der Waals surface area (Å²) in [6, 6.07) is 5.03. The molecule has 3 fully saturated rings. The smallest absolute Gasteiger partial charge is 0.251 e. The first-order valence-corrected chi connectivity index (χ1v) is 14.4. The Balaban J connectivity index is 1.49. The first-order valence-electron chi connectivity index (χ1n) is 12.9. The van der Waals surface area contributed by atoms with Gasteiger partial charge >= 0.3 is 0 Å². The fraction of sp³-hybridized carbons (Fsp3) is 0.680. The van der Waals surface area contributed by atoms with Crippen molar-refractivity contribution in [2.24, 2.45) is 0 Å². The third-order valence-corrected chi connectivity index (χ3v) is 9.11. The largest absolute Gasteiger partial charge is 0.370 e. The Bertz CT molecular complexity index is 963. The molecule has 0 aliphatic carbocycles. The maximum atomic E-state index is 13.6. The molecule has 2 amide bonds. The molecule has 1 aromatic carbocycles. The lowest BCUT2D eigenvalue weighted by molar-refractivity contribution is -0.131. The molecule has 34 heavy (non-hydrogen) atoms. The van der Waals surface area contributed by atoms with Gasteiger partial charge in [0.05, 0.1) is 5.69 Å². The number of likely N-dealkylation sites (tertiary alicyclic amines) is 1. The van der Waals surface area contributed by atoms with Crippen molar-refractivity contribution < 1.29 is 18.0 Å². The quantitative estimate of drug-likeness (QED) is 0.635. The average molecular weight is 491 g/mol. The third kappa shape index (κ3) is 5.92. The van der Waals surface area contributed by atoms with Gasteiger partial charge in [-0.25, -0.2) is 8.42 Å². The van der Waals surface area contributed by atoms with Crippen molar-refractivity contribution in [3.63, 3.8) is 0 Å². The second-order valence-corrected chi connectivity index (χ2v) is 11.5. The van der Waals surface area contributed by atoms with Gasteiger partial charge in [0.2, 0.25) is 15.9 Å². The summed E-state index contributed by atoms with van der Waals surface area (Å²) < 4.78 is 28.8. The number of hydrogen-bond acceptors (Lipinski definition) is 5. The summed E-state index contributed by atoms with van der Waals surface area (Å²) in [7, 11) is -3.70. The van der Waals surface area contributed by atoms with E-state index in [0.717, 1.165) is 84.0 Å². The number of benzene rings is 1. The number of sulfonamides is 1. The average Bonchev–Trinajstić information content (AvgIpc) is 2.89. The van der Waals surface area contributed by atoms with E-state index in [4.69, 9.17) is 0 Å². The van der Waals surface area contributed by atoms with Gasteiger partial charge in [0.25, 0.3) is 5.91 Å². The minimum Gasteiger partial charge on any atom is -0.370 e. The molecule has 3 aliphatic rings. The molecule has 0 radical (unpaired) electrons. The summed E-state index contributed by atoms with van der Waals surface area (Å²) in [4.78, 5) is 29.5. The normalized spacial score (nSPS) is 20.2. The van der Waals surface area contributed by atoms with E-state index in [9.17, 15) is 18.0 Å². The monoisotopic (exact) mass is 490 g/mol. The minimum absolute atomic E-state index is 0.0637. The molecule has 4 rings (SSSR count). The van der Waals surface area contributed by atoms with E-state index in [1.54, 1.807) is 16.4 Å². The van der Waals surface area contributed by atoms with Crippen molar-refractivity contribution in [1.82, 2.24) is 14.5 Å². The Kier molecular flexibility index (Phi) is 8.47. The molecule has 0 bridgehead atoms. The Morgan fingerprint density at radius 2 is 1.38 bits per heavy atom. The summed E-state index contributed by atoms with van der Waals surface area (Å²) >= 11 is 0. The van der Waals surface area contributed by atoms with E-state index in [-0.39, 0.29) is 29.7 Å². The zero-order chi connectivity index (χ0) is 24.0. The van der Waals surface area contributed by atoms with Crippen LogP contribution in [0.4, 0.5) is 5.69 Å². The van der Waals surface area contributed by atoms with Crippen LogP contribution in [0.15, 0.2) is 23.1 Å². The number of rotatable bonds is 7. The third-order valence-electron chi connectivity index (χ3n) is 7.18. The van der Waals surface area contributed by atoms with Crippen LogP contribution in [0.5, 0.6) is 0 Å². The molecule has 9 heteroatoms. The Labute approximate surface area is 203 Å². The van der Waals surface area contributed by atoms with Crippen molar-refractivity contribution in [3.05, 3.63) is 23.8 Å². The van der Waals surface area contributed by atoms with Gasteiger partial charge in [-0.05, 0) is 69.6 Å². The van der Waals surface area contributed by atoms with E-state index in [1.165, 1.54) is 6.07 Å². The van der Waals surface area contributed by atoms with Gasteiger partial charge in [0, 0.05) is 57.8 Å². The minimum atomic E-state index is -3.70. The lowest BCUT2D eigenvalue weighted by atomic mass is 10.1. The molecule has 0 saturated carbocycles. The topological polar surface area (TPSA) is 90.0 Å². The molecule has 3 aliphatic heterocycles. The van der Waals surface area contributed by atoms with Crippen molar-refractivity contribution in [1.29, 1.82) is 0 Å². The van der Waals surface area contributed by atoms with Crippen molar-refractivity contribution in [2.45, 2.75) is 69.1 Å². The lowest BCUT2D eigenvalue weighted by Gasteiger charge is -2.33. The fourth-order valence-corrected chi connectivity index (χ4v) is 6.94. The zero-order valence-electron chi connectivity index (χ0n) is 20.1. The van der Waals surface area contributed by atoms with Crippen LogP contribution in [0, 0.1) is 0 Å². The molecule has 0 unspecified atom stereocenters. The maximum Gasteiger partial charge on any atom is 0.251 e. The highest BCUT2D eigenvalue weighted by atomic mass is 32.2. The van der Waals surface area contributed by atoms with Crippen LogP contribution in [-0.4, -0.2) is 75.3 Å². The molecule has 0 aromatic heterocycles. The fourth-order valence-electron chi connectivity index (χ4n) is 5.19. The molecule has 3 heterocycles. The maximum absolute atomic E-state index is 13.6. The highest BCUT2D eigenvalue weighted by Gasteiger charge is 2.31. The van der Waals surface area contributed by atoms with E-state index in [1.807, 2.05) is 4.90 Å². The second kappa shape index (κ2) is 11.5. The summed E-state index contributed by atoms with van der Waals surface area (Å²) in [6.07, 6.45) is 9.50. The van der Waals surface area contributed by atoms with E-state index in [2.05, 4.69) is 10.2 Å². The van der Waals surface area contributed by atoms with Crippen LogP contribution >= 0.6 is 0 Å². The SMILES string of the molecule is O=C(NCCC(=O)N1CCCCC1)c1ccc(N2CCCCC2)c(S(=O)(=O)N2CCCCC2)c1. The molecule has 188 valence electrons. The van der Waals surface area contributed by atoms with E-state index in [0.29, 0.717) is 24.3 Å². The molecule has 3 saturated heterocycles. The van der Waals surface area contributed by atoms with E-state index >= 15 is 0 Å². The molecular formula is C25H38N4O4S. The number of nitrogens with one attached hydrogen (secondary N) is 1. The van der Waals surface area contributed by atoms with Crippen LogP contribution in [0.2, 0.25) is 0 Å². The lowest BCUT2D eigenvalue weighted by Crippen LogP contribution is -2.38. The number of anilines is 1. The summed E-state index contributed by atoms with van der Waals surface area (Å²) in [5.41, 5.74) is 1.02. The van der Waals surface area contributed by atoms with Crippen LogP contribution in [0.3, 0.4) is 0 Å². The predicted molar refractivity (Wildman–Crippen MR) is 132 cm³/mol. The summed E-state index contributed by atoms with van der Waals surface area (Å²) in [5.74, 6) is -0.277. The van der Waals surface area contributed by atoms with Gasteiger partial charge in [0.1, 0.15) is 4.90 Å². The molecule has 1 N–H and O–H groups in total. The van der Waals surface area contributed by atoms with Gasteiger partial charge in [-0.15, -0.1) is 0 Å². The number of nitrogens with zero attached hydrogens (tertiary/aromatic N) is 3. The number of piperidine rings is 3. The van der Waals surface area contributed by atoms with Crippen LogP contribution in [0.1, 0.15) is 74.6 Å². The van der Waals surface area contributed by atoms with Crippen molar-refractivity contribution in [3.8, 4) is 0 Å². The first kappa shape index (κ1) is 25.0. The van der Waals surface area contributed by atoms with Gasteiger partial charge in [-0.2, -0.15) is 4.31 Å². The van der Waals surface area contributed by atoms with Gasteiger partial charge in [-0.3, -0.25) is 9.59 Å². The predicted octanol–water partition coefficient (Wildman–Crippen LogP) is 2.98. The highest BCUT2D eigenvalue weighted by Crippen LogP contribution is 2.32. The standard InChI is InChI=1S/C25H38N4O4S/c30-24(28-16-6-2-7-17-28)12-13-26-25(31)21-10-11-22(27-14-4-1-5-15-27)23(20-21)34(32,33)29-18-8-3-9-19-29/h10-11,20H,1-9,12-19H2,(H,26,31). The summed E-state index contributed by atoms with van der Waals surface area (Å²) in [6.45, 7) is 4.54. The number of hydrogen-bond donors (Lipinski definition) is 1. The van der Waals surface area contributed by atoms with E-state index < -0.39 is 10.0 Å². The van der Waals surface area contributed by atoms with Crippen LogP contribution in [0.25, 0.3) is 0 Å². The Morgan fingerprint density at radius 1 is 0.794 bits per heavy atom. The second-order valence-electron chi connectivity index (χ2n) is 9.64. The van der Waals surface area contributed by atoms with Crippen LogP contribution < -0.4 is 10.2 Å². The Morgan fingerprint density at radius 3 is 2.03 bits per heavy atom. The molecular weight excluding hydrogens is 452 g/mol. The van der Waals surface area contributed by atoms with Crippen molar-refractivity contribution >= 4 is 27.5 Å². The molecule has 0 spiro atoms. The Hall–Kier alpha value is -2.13. The highest BCUT2D eigenvalue weighted by molar-refractivity contribution is 7.89. The van der Waals surface area contributed by atoms with Gasteiger partial charge in [-0.1, -0.05) is 6.42 Å². The molecule has 1 aromatic rings. The summed E-state index contributed by atoms with van der Waals surface area (Å²) in [5, 5.41) is 2.82. The zero-order valence-corrected chi connectivity index (χ0v) is 21.0. The van der Waals surface area contributed by atoms with Gasteiger partial charge < -0.3 is 15.1 Å². The number of amides is 2. The first-order chi connectivity index (χ1) is 16.5. The van der Waals surface area contributed by atoms with Gasteiger partial charge in [0.15, 0.2) is 0 Å². The molecule has 8 nitrogen and oxygen atoms in total. The van der Waals surface area contributed by atoms with Crippen LogP contribution in [-0.2, 0) is 14.8 Å². The number of carbonyl (C=O) groups is 2.